The first kappa shape index (κ1) is 19.8. The van der Waals surface area contributed by atoms with E-state index in [4.69, 9.17) is 0 Å². The van der Waals surface area contributed by atoms with E-state index < -0.39 is 0 Å². The molecule has 0 saturated heterocycles. The average Bonchev–Trinajstić information content (AvgIpc) is 2.63. The molecule has 0 aromatic heterocycles. The summed E-state index contributed by atoms with van der Waals surface area (Å²) >= 11 is 0. The van der Waals surface area contributed by atoms with Crippen LogP contribution in [0.2, 0.25) is 0 Å². The van der Waals surface area contributed by atoms with Gasteiger partial charge in [-0.2, -0.15) is 0 Å². The minimum Gasteiger partial charge on any atom is -0.376 e. The fourth-order valence-corrected chi connectivity index (χ4v) is 3.10. The number of carbonyl (C=O) groups is 1. The fourth-order valence-electron chi connectivity index (χ4n) is 3.10. The van der Waals surface area contributed by atoms with E-state index in [2.05, 4.69) is 61.4 Å². The summed E-state index contributed by atoms with van der Waals surface area (Å²) in [7, 11) is 0. The Morgan fingerprint density at radius 1 is 1.04 bits per heavy atom. The van der Waals surface area contributed by atoms with Crippen molar-refractivity contribution in [2.45, 2.75) is 40.5 Å². The lowest BCUT2D eigenvalue weighted by Crippen LogP contribution is -2.24. The normalized spacial score (nSPS) is 10.7. The van der Waals surface area contributed by atoms with Gasteiger partial charge in [0.2, 0.25) is 5.91 Å². The van der Waals surface area contributed by atoms with Gasteiger partial charge in [0.25, 0.3) is 0 Å². The monoisotopic (exact) mass is 353 g/mol. The van der Waals surface area contributed by atoms with E-state index in [0.29, 0.717) is 5.92 Å². The molecule has 26 heavy (non-hydrogen) atoms. The van der Waals surface area contributed by atoms with Crippen molar-refractivity contribution >= 4 is 23.0 Å². The van der Waals surface area contributed by atoms with Gasteiger partial charge in [0.1, 0.15) is 0 Å². The SMILES string of the molecule is CCN(CC)c1ccc(NC(=O)CNc2ccccc2C(C)C)c(C)c1. The second-order valence-corrected chi connectivity index (χ2v) is 6.82. The lowest BCUT2D eigenvalue weighted by molar-refractivity contribution is -0.114. The molecule has 0 bridgehead atoms. The summed E-state index contributed by atoms with van der Waals surface area (Å²) in [6.45, 7) is 12.8. The second kappa shape index (κ2) is 9.27. The Balaban J connectivity index is 2.00. The topological polar surface area (TPSA) is 44.4 Å². The van der Waals surface area contributed by atoms with Crippen molar-refractivity contribution in [2.24, 2.45) is 0 Å². The Kier molecular flexibility index (Phi) is 7.07. The molecule has 2 rings (SSSR count). The highest BCUT2D eigenvalue weighted by Gasteiger charge is 2.10. The average molecular weight is 354 g/mol. The van der Waals surface area contributed by atoms with Crippen LogP contribution in [-0.2, 0) is 4.79 Å². The quantitative estimate of drug-likeness (QED) is 0.701. The van der Waals surface area contributed by atoms with E-state index in [-0.39, 0.29) is 12.5 Å². The summed E-state index contributed by atoms with van der Waals surface area (Å²) in [5.41, 5.74) is 5.37. The van der Waals surface area contributed by atoms with Gasteiger partial charge >= 0.3 is 0 Å². The van der Waals surface area contributed by atoms with E-state index in [0.717, 1.165) is 30.0 Å². The zero-order valence-corrected chi connectivity index (χ0v) is 16.6. The molecule has 0 spiro atoms. The number of hydrogen-bond donors (Lipinski definition) is 2. The summed E-state index contributed by atoms with van der Waals surface area (Å²) < 4.78 is 0. The molecule has 0 saturated carbocycles. The summed E-state index contributed by atoms with van der Waals surface area (Å²) in [6.07, 6.45) is 0. The number of nitrogens with one attached hydrogen (secondary N) is 2. The lowest BCUT2D eigenvalue weighted by Gasteiger charge is -2.22. The van der Waals surface area contributed by atoms with Gasteiger partial charge < -0.3 is 15.5 Å². The van der Waals surface area contributed by atoms with E-state index >= 15 is 0 Å². The molecular weight excluding hydrogens is 322 g/mol. The first-order valence-electron chi connectivity index (χ1n) is 9.44. The molecule has 0 aliphatic rings. The van der Waals surface area contributed by atoms with Gasteiger partial charge in [-0.1, -0.05) is 32.0 Å². The van der Waals surface area contributed by atoms with Crippen molar-refractivity contribution in [3.63, 3.8) is 0 Å². The Morgan fingerprint density at radius 3 is 2.35 bits per heavy atom. The summed E-state index contributed by atoms with van der Waals surface area (Å²) in [6, 6.07) is 14.3. The Morgan fingerprint density at radius 2 is 1.73 bits per heavy atom. The van der Waals surface area contributed by atoms with Crippen molar-refractivity contribution in [1.29, 1.82) is 0 Å². The molecule has 0 aliphatic heterocycles. The van der Waals surface area contributed by atoms with E-state index in [9.17, 15) is 4.79 Å². The van der Waals surface area contributed by atoms with Gasteiger partial charge in [-0.25, -0.2) is 0 Å². The fraction of sp³-hybridized carbons (Fsp3) is 0.409. The molecule has 0 heterocycles. The largest absolute Gasteiger partial charge is 0.376 e. The van der Waals surface area contributed by atoms with Gasteiger partial charge in [0.15, 0.2) is 0 Å². The Hall–Kier alpha value is -2.49. The molecule has 0 radical (unpaired) electrons. The number of para-hydroxylation sites is 1. The van der Waals surface area contributed by atoms with Crippen LogP contribution < -0.4 is 15.5 Å². The molecule has 0 unspecified atom stereocenters. The van der Waals surface area contributed by atoms with Crippen LogP contribution in [0.25, 0.3) is 0 Å². The highest BCUT2D eigenvalue weighted by Crippen LogP contribution is 2.24. The van der Waals surface area contributed by atoms with Crippen molar-refractivity contribution in [1.82, 2.24) is 0 Å². The van der Waals surface area contributed by atoms with Crippen LogP contribution in [0.5, 0.6) is 0 Å². The first-order chi connectivity index (χ1) is 12.5. The minimum atomic E-state index is -0.0396. The molecular formula is C22H31N3O. The van der Waals surface area contributed by atoms with Gasteiger partial charge in [-0.15, -0.1) is 0 Å². The third kappa shape index (κ3) is 5.01. The number of benzene rings is 2. The Labute approximate surface area is 157 Å². The van der Waals surface area contributed by atoms with Crippen LogP contribution in [0.1, 0.15) is 44.7 Å². The first-order valence-corrected chi connectivity index (χ1v) is 9.44. The van der Waals surface area contributed by atoms with E-state index in [1.54, 1.807) is 0 Å². The molecule has 0 atom stereocenters. The highest BCUT2D eigenvalue weighted by molar-refractivity contribution is 5.94. The van der Waals surface area contributed by atoms with E-state index in [1.165, 1.54) is 11.3 Å². The van der Waals surface area contributed by atoms with Crippen LogP contribution in [-0.4, -0.2) is 25.5 Å². The molecule has 1 amide bonds. The maximum absolute atomic E-state index is 12.4. The van der Waals surface area contributed by atoms with Crippen LogP contribution in [0.4, 0.5) is 17.1 Å². The minimum absolute atomic E-state index is 0.0396. The number of rotatable bonds is 8. The number of nitrogens with zero attached hydrogens (tertiary/aromatic N) is 1. The van der Waals surface area contributed by atoms with Crippen molar-refractivity contribution in [3.05, 3.63) is 53.6 Å². The van der Waals surface area contributed by atoms with Crippen LogP contribution in [0.15, 0.2) is 42.5 Å². The zero-order chi connectivity index (χ0) is 19.1. The predicted octanol–water partition coefficient (Wildman–Crippen LogP) is 5.02. The molecule has 4 nitrogen and oxygen atoms in total. The molecule has 0 fully saturated rings. The second-order valence-electron chi connectivity index (χ2n) is 6.82. The standard InChI is InChI=1S/C22H31N3O/c1-6-25(7-2)18-12-13-20(17(5)14-18)24-22(26)15-23-21-11-9-8-10-19(21)16(3)4/h8-14,16,23H,6-7,15H2,1-5H3,(H,24,26). The van der Waals surface area contributed by atoms with Gasteiger partial charge in [0.05, 0.1) is 6.54 Å². The third-order valence-electron chi connectivity index (χ3n) is 4.63. The highest BCUT2D eigenvalue weighted by atomic mass is 16.1. The van der Waals surface area contributed by atoms with Crippen LogP contribution in [0, 0.1) is 6.92 Å². The van der Waals surface area contributed by atoms with Gasteiger partial charge in [0, 0.05) is 30.2 Å². The maximum Gasteiger partial charge on any atom is 0.243 e. The summed E-state index contributed by atoms with van der Waals surface area (Å²) in [5, 5.41) is 6.27. The number of carbonyl (C=O) groups excluding carboxylic acids is 1. The van der Waals surface area contributed by atoms with Gasteiger partial charge in [-0.05, 0) is 62.1 Å². The van der Waals surface area contributed by atoms with Gasteiger partial charge in [-0.3, -0.25) is 4.79 Å². The molecule has 2 aromatic carbocycles. The van der Waals surface area contributed by atoms with Crippen molar-refractivity contribution < 1.29 is 4.79 Å². The number of anilines is 3. The van der Waals surface area contributed by atoms with Crippen LogP contribution >= 0.6 is 0 Å². The lowest BCUT2D eigenvalue weighted by atomic mass is 10.0. The summed E-state index contributed by atoms with van der Waals surface area (Å²) in [5.74, 6) is 0.374. The third-order valence-corrected chi connectivity index (χ3v) is 4.63. The zero-order valence-electron chi connectivity index (χ0n) is 16.6. The van der Waals surface area contributed by atoms with E-state index in [1.807, 2.05) is 31.2 Å². The molecule has 2 aromatic rings. The number of aryl methyl sites for hydroxylation is 1. The Bertz CT molecular complexity index is 736. The van der Waals surface area contributed by atoms with Crippen LogP contribution in [0.3, 0.4) is 0 Å². The van der Waals surface area contributed by atoms with Crippen molar-refractivity contribution in [3.8, 4) is 0 Å². The maximum atomic E-state index is 12.4. The van der Waals surface area contributed by atoms with Crippen molar-refractivity contribution in [2.75, 3.05) is 35.2 Å². The molecule has 0 aliphatic carbocycles. The number of hydrogen-bond acceptors (Lipinski definition) is 3. The predicted molar refractivity (Wildman–Crippen MR) is 112 cm³/mol. The molecule has 4 heteroatoms. The molecule has 2 N–H and O–H groups in total. The smallest absolute Gasteiger partial charge is 0.243 e. The number of amides is 1. The summed E-state index contributed by atoms with van der Waals surface area (Å²) in [4.78, 5) is 14.7. The molecule has 140 valence electrons.